The standard InChI is InChI=1S/C21H17N3O2S/c1-14(15-9-11-22-12-10-15)23-20(25)19-18(16-6-3-2-4-7-16)24-21(27-19)17-8-5-13-26-17/h2-14H,1H3,(H,23,25)/t14-/m1/s1. The van der Waals surface area contributed by atoms with E-state index in [2.05, 4.69) is 15.3 Å². The lowest BCUT2D eigenvalue weighted by Gasteiger charge is -2.13. The smallest absolute Gasteiger partial charge is 0.264 e. The normalized spacial score (nSPS) is 11.9. The van der Waals surface area contributed by atoms with Crippen molar-refractivity contribution in [1.82, 2.24) is 15.3 Å². The summed E-state index contributed by atoms with van der Waals surface area (Å²) in [5.41, 5.74) is 2.55. The number of nitrogens with zero attached hydrogens (tertiary/aromatic N) is 2. The summed E-state index contributed by atoms with van der Waals surface area (Å²) in [5, 5.41) is 3.74. The highest BCUT2D eigenvalue weighted by Crippen LogP contribution is 2.34. The molecule has 27 heavy (non-hydrogen) atoms. The summed E-state index contributed by atoms with van der Waals surface area (Å²) in [6.07, 6.45) is 5.04. The Morgan fingerprint density at radius 2 is 1.85 bits per heavy atom. The number of carbonyl (C=O) groups excluding carboxylic acids is 1. The second-order valence-electron chi connectivity index (χ2n) is 6.02. The SMILES string of the molecule is C[C@@H](NC(=O)c1sc(-c2ccco2)nc1-c1ccccc1)c1ccncc1. The molecule has 1 N–H and O–H groups in total. The summed E-state index contributed by atoms with van der Waals surface area (Å²) in [4.78, 5) is 22.3. The zero-order valence-electron chi connectivity index (χ0n) is 14.6. The molecule has 5 nitrogen and oxygen atoms in total. The van der Waals surface area contributed by atoms with Gasteiger partial charge in [0.2, 0.25) is 0 Å². The van der Waals surface area contributed by atoms with Crippen LogP contribution in [0.25, 0.3) is 22.0 Å². The Kier molecular flexibility index (Phi) is 4.80. The van der Waals surface area contributed by atoms with Crippen molar-refractivity contribution in [2.75, 3.05) is 0 Å². The molecule has 0 unspecified atom stereocenters. The van der Waals surface area contributed by atoms with Crippen LogP contribution < -0.4 is 5.32 Å². The molecule has 1 atom stereocenters. The first-order chi connectivity index (χ1) is 13.2. The zero-order chi connectivity index (χ0) is 18.6. The summed E-state index contributed by atoms with van der Waals surface area (Å²) < 4.78 is 5.46. The minimum absolute atomic E-state index is 0.140. The van der Waals surface area contributed by atoms with E-state index in [-0.39, 0.29) is 11.9 Å². The van der Waals surface area contributed by atoms with Gasteiger partial charge in [0.15, 0.2) is 10.8 Å². The molecule has 4 aromatic rings. The number of nitrogens with one attached hydrogen (secondary N) is 1. The average molecular weight is 375 g/mol. The fourth-order valence-corrected chi connectivity index (χ4v) is 3.73. The van der Waals surface area contributed by atoms with Gasteiger partial charge >= 0.3 is 0 Å². The molecule has 1 aromatic carbocycles. The lowest BCUT2D eigenvalue weighted by atomic mass is 10.1. The first-order valence-corrected chi connectivity index (χ1v) is 9.35. The first-order valence-electron chi connectivity index (χ1n) is 8.53. The van der Waals surface area contributed by atoms with Crippen molar-refractivity contribution in [1.29, 1.82) is 0 Å². The van der Waals surface area contributed by atoms with Crippen LogP contribution in [0, 0.1) is 0 Å². The second-order valence-corrected chi connectivity index (χ2v) is 7.01. The molecule has 3 aromatic heterocycles. The summed E-state index contributed by atoms with van der Waals surface area (Å²) in [6.45, 7) is 1.95. The van der Waals surface area contributed by atoms with E-state index in [0.717, 1.165) is 11.1 Å². The fraction of sp³-hybridized carbons (Fsp3) is 0.0952. The highest BCUT2D eigenvalue weighted by molar-refractivity contribution is 7.17. The van der Waals surface area contributed by atoms with Crippen molar-refractivity contribution in [2.45, 2.75) is 13.0 Å². The van der Waals surface area contributed by atoms with E-state index < -0.39 is 0 Å². The Morgan fingerprint density at radius 3 is 2.56 bits per heavy atom. The van der Waals surface area contributed by atoms with E-state index in [4.69, 9.17) is 4.42 Å². The summed E-state index contributed by atoms with van der Waals surface area (Å²) >= 11 is 1.33. The van der Waals surface area contributed by atoms with Gasteiger partial charge in [-0.05, 0) is 36.8 Å². The van der Waals surface area contributed by atoms with Crippen molar-refractivity contribution >= 4 is 17.2 Å². The number of rotatable bonds is 5. The average Bonchev–Trinajstić information content (AvgIpc) is 3.39. The van der Waals surface area contributed by atoms with E-state index in [1.54, 1.807) is 18.7 Å². The lowest BCUT2D eigenvalue weighted by molar-refractivity contribution is 0.0944. The van der Waals surface area contributed by atoms with Gasteiger partial charge in [0, 0.05) is 18.0 Å². The minimum Gasteiger partial charge on any atom is -0.462 e. The van der Waals surface area contributed by atoms with Crippen molar-refractivity contribution in [3.8, 4) is 22.0 Å². The molecule has 0 radical (unpaired) electrons. The number of hydrogen-bond acceptors (Lipinski definition) is 5. The molecule has 0 aliphatic rings. The van der Waals surface area contributed by atoms with Gasteiger partial charge in [-0.15, -0.1) is 11.3 Å². The first kappa shape index (κ1) is 17.2. The number of amides is 1. The molecule has 0 saturated carbocycles. The fourth-order valence-electron chi connectivity index (χ4n) is 2.77. The van der Waals surface area contributed by atoms with Crippen LogP contribution in [-0.2, 0) is 0 Å². The molecule has 0 bridgehead atoms. The molecule has 0 spiro atoms. The Hall–Kier alpha value is -3.25. The molecule has 4 rings (SSSR count). The van der Waals surface area contributed by atoms with Gasteiger partial charge in [-0.3, -0.25) is 9.78 Å². The molecular formula is C21H17N3O2S. The Bertz CT molecular complexity index is 1030. The highest BCUT2D eigenvalue weighted by atomic mass is 32.1. The molecule has 0 saturated heterocycles. The number of carbonyl (C=O) groups is 1. The van der Waals surface area contributed by atoms with Gasteiger partial charge < -0.3 is 9.73 Å². The van der Waals surface area contributed by atoms with Gasteiger partial charge in [-0.1, -0.05) is 30.3 Å². The quantitative estimate of drug-likeness (QED) is 0.535. The van der Waals surface area contributed by atoms with Crippen LogP contribution in [-0.4, -0.2) is 15.9 Å². The minimum atomic E-state index is -0.159. The summed E-state index contributed by atoms with van der Waals surface area (Å²) in [7, 11) is 0. The number of hydrogen-bond donors (Lipinski definition) is 1. The monoisotopic (exact) mass is 375 g/mol. The van der Waals surface area contributed by atoms with Crippen LogP contribution in [0.3, 0.4) is 0 Å². The van der Waals surface area contributed by atoms with Gasteiger partial charge in [-0.2, -0.15) is 0 Å². The predicted molar refractivity (Wildman–Crippen MR) is 105 cm³/mol. The molecule has 6 heteroatoms. The van der Waals surface area contributed by atoms with E-state index in [1.165, 1.54) is 11.3 Å². The van der Waals surface area contributed by atoms with Crippen LogP contribution >= 0.6 is 11.3 Å². The number of thiazole rings is 1. The molecule has 1 amide bonds. The van der Waals surface area contributed by atoms with Gasteiger partial charge in [0.1, 0.15) is 4.88 Å². The van der Waals surface area contributed by atoms with Crippen molar-refractivity contribution < 1.29 is 9.21 Å². The van der Waals surface area contributed by atoms with E-state index in [0.29, 0.717) is 21.3 Å². The van der Waals surface area contributed by atoms with Gasteiger partial charge in [0.25, 0.3) is 5.91 Å². The summed E-state index contributed by atoms with van der Waals surface area (Å²) in [6, 6.07) is 17.0. The van der Waals surface area contributed by atoms with Crippen molar-refractivity contribution in [2.24, 2.45) is 0 Å². The largest absolute Gasteiger partial charge is 0.462 e. The Balaban J connectivity index is 1.69. The maximum atomic E-state index is 13.0. The molecule has 0 fully saturated rings. The van der Waals surface area contributed by atoms with Crippen LogP contribution in [0.2, 0.25) is 0 Å². The topological polar surface area (TPSA) is 68.0 Å². The van der Waals surface area contributed by atoms with E-state index in [1.807, 2.05) is 61.5 Å². The third-order valence-electron chi connectivity index (χ3n) is 4.17. The van der Waals surface area contributed by atoms with E-state index >= 15 is 0 Å². The van der Waals surface area contributed by atoms with Gasteiger partial charge in [-0.25, -0.2) is 4.98 Å². The molecular weight excluding hydrogens is 358 g/mol. The Morgan fingerprint density at radius 1 is 1.07 bits per heavy atom. The molecule has 0 aliphatic carbocycles. The van der Waals surface area contributed by atoms with Gasteiger partial charge in [0.05, 0.1) is 18.0 Å². The highest BCUT2D eigenvalue weighted by Gasteiger charge is 2.22. The molecule has 0 aliphatic heterocycles. The molecule has 3 heterocycles. The van der Waals surface area contributed by atoms with Crippen LogP contribution in [0.4, 0.5) is 0 Å². The zero-order valence-corrected chi connectivity index (χ0v) is 15.4. The Labute approximate surface area is 160 Å². The third-order valence-corrected chi connectivity index (χ3v) is 5.23. The number of pyridine rings is 1. The predicted octanol–water partition coefficient (Wildman–Crippen LogP) is 4.96. The number of aromatic nitrogens is 2. The second kappa shape index (κ2) is 7.55. The van der Waals surface area contributed by atoms with Crippen LogP contribution in [0.1, 0.15) is 28.2 Å². The lowest BCUT2D eigenvalue weighted by Crippen LogP contribution is -2.26. The van der Waals surface area contributed by atoms with Crippen LogP contribution in [0.5, 0.6) is 0 Å². The van der Waals surface area contributed by atoms with Crippen molar-refractivity contribution in [3.63, 3.8) is 0 Å². The van der Waals surface area contributed by atoms with E-state index in [9.17, 15) is 4.79 Å². The molecule has 134 valence electrons. The summed E-state index contributed by atoms with van der Waals surface area (Å²) in [5.74, 6) is 0.492. The van der Waals surface area contributed by atoms with Crippen LogP contribution in [0.15, 0.2) is 77.7 Å². The number of benzene rings is 1. The number of furan rings is 1. The van der Waals surface area contributed by atoms with Crippen molar-refractivity contribution in [3.05, 3.63) is 83.7 Å². The maximum Gasteiger partial charge on any atom is 0.264 e. The maximum absolute atomic E-state index is 13.0. The third kappa shape index (κ3) is 3.66.